The van der Waals surface area contributed by atoms with Crippen LogP contribution in [0, 0.1) is 0 Å². The smallest absolute Gasteiger partial charge is 0.271 e. The van der Waals surface area contributed by atoms with Gasteiger partial charge >= 0.3 is 0 Å². The maximum atomic E-state index is 12.5. The fraction of sp³-hybridized carbons (Fsp3) is 0.192. The second-order valence-corrected chi connectivity index (χ2v) is 8.67. The topological polar surface area (TPSA) is 107 Å². The van der Waals surface area contributed by atoms with Crippen molar-refractivity contribution in [2.24, 2.45) is 5.10 Å². The average molecular weight is 591 g/mol. The maximum absolute atomic E-state index is 12.5. The molecule has 3 rings (SSSR count). The molecule has 3 aromatic rings. The van der Waals surface area contributed by atoms with Crippen molar-refractivity contribution >= 4 is 51.2 Å². The zero-order valence-electron chi connectivity index (χ0n) is 20.3. The molecule has 0 spiro atoms. The van der Waals surface area contributed by atoms with E-state index in [9.17, 15) is 9.59 Å². The Bertz CT molecular complexity index is 1280. The lowest BCUT2D eigenvalue weighted by molar-refractivity contribution is -0.118. The highest BCUT2D eigenvalue weighted by molar-refractivity contribution is 9.10. The van der Waals surface area contributed by atoms with Gasteiger partial charge in [0.1, 0.15) is 0 Å². The van der Waals surface area contributed by atoms with Crippen LogP contribution in [0.2, 0.25) is 5.02 Å². The lowest BCUT2D eigenvalue weighted by Gasteiger charge is -2.13. The van der Waals surface area contributed by atoms with Crippen molar-refractivity contribution < 1.29 is 28.5 Å². The van der Waals surface area contributed by atoms with Gasteiger partial charge in [-0.05, 0) is 83.0 Å². The molecule has 2 amide bonds. The second-order valence-electron chi connectivity index (χ2n) is 7.38. The maximum Gasteiger partial charge on any atom is 0.271 e. The molecule has 3 aromatic carbocycles. The van der Waals surface area contributed by atoms with Crippen molar-refractivity contribution in [2.75, 3.05) is 32.8 Å². The van der Waals surface area contributed by atoms with Crippen molar-refractivity contribution in [3.05, 3.63) is 75.2 Å². The molecule has 0 aliphatic heterocycles. The SMILES string of the molecule is CCOc1cc(C(=O)N/N=C/c2cc(Br)c(OCC(=O)Nc3ccc(Cl)cc3)c(OC)c2)ccc1OC. The molecule has 9 nitrogen and oxygen atoms in total. The van der Waals surface area contributed by atoms with Crippen LogP contribution in [-0.4, -0.2) is 45.5 Å². The molecule has 11 heteroatoms. The van der Waals surface area contributed by atoms with E-state index in [2.05, 4.69) is 31.8 Å². The van der Waals surface area contributed by atoms with Gasteiger partial charge in [0.15, 0.2) is 29.6 Å². The highest BCUT2D eigenvalue weighted by Crippen LogP contribution is 2.36. The normalized spacial score (nSPS) is 10.6. The van der Waals surface area contributed by atoms with Gasteiger partial charge in [-0.15, -0.1) is 0 Å². The molecule has 0 saturated carbocycles. The first-order valence-electron chi connectivity index (χ1n) is 11.0. The van der Waals surface area contributed by atoms with E-state index in [1.54, 1.807) is 54.6 Å². The molecule has 0 saturated heterocycles. The van der Waals surface area contributed by atoms with Crippen molar-refractivity contribution in [3.8, 4) is 23.0 Å². The minimum absolute atomic E-state index is 0.243. The van der Waals surface area contributed by atoms with E-state index in [1.807, 2.05) is 6.92 Å². The molecule has 0 aliphatic carbocycles. The molecule has 0 heterocycles. The number of nitrogens with zero attached hydrogens (tertiary/aromatic N) is 1. The largest absolute Gasteiger partial charge is 0.493 e. The summed E-state index contributed by atoms with van der Waals surface area (Å²) < 4.78 is 22.4. The Kier molecular flexibility index (Phi) is 10.2. The van der Waals surface area contributed by atoms with Gasteiger partial charge in [0, 0.05) is 16.3 Å². The zero-order valence-corrected chi connectivity index (χ0v) is 22.7. The molecular weight excluding hydrogens is 566 g/mol. The van der Waals surface area contributed by atoms with E-state index in [4.69, 9.17) is 30.5 Å². The molecular formula is C26H25BrClN3O6. The Morgan fingerprint density at radius 2 is 1.70 bits per heavy atom. The van der Waals surface area contributed by atoms with Crippen molar-refractivity contribution in [3.63, 3.8) is 0 Å². The van der Waals surface area contributed by atoms with Gasteiger partial charge in [-0.3, -0.25) is 9.59 Å². The van der Waals surface area contributed by atoms with Crippen molar-refractivity contribution in [1.82, 2.24) is 5.43 Å². The first-order valence-corrected chi connectivity index (χ1v) is 12.2. The molecule has 0 aromatic heterocycles. The van der Waals surface area contributed by atoms with Gasteiger partial charge in [-0.25, -0.2) is 5.43 Å². The number of ether oxygens (including phenoxy) is 4. The number of carbonyl (C=O) groups is 2. The van der Waals surface area contributed by atoms with Gasteiger partial charge in [0.2, 0.25) is 0 Å². The molecule has 0 fully saturated rings. The number of carbonyl (C=O) groups excluding carboxylic acids is 2. The van der Waals surface area contributed by atoms with Crippen molar-refractivity contribution in [1.29, 1.82) is 0 Å². The fourth-order valence-electron chi connectivity index (χ4n) is 3.14. The quantitative estimate of drug-likeness (QED) is 0.232. The number of hydrazone groups is 1. The molecule has 0 bridgehead atoms. The summed E-state index contributed by atoms with van der Waals surface area (Å²) in [5.41, 5.74) is 4.06. The number of benzene rings is 3. The summed E-state index contributed by atoms with van der Waals surface area (Å²) in [6.45, 7) is 2.03. The van der Waals surface area contributed by atoms with Gasteiger partial charge in [0.05, 0.1) is 31.5 Å². The number of hydrogen-bond acceptors (Lipinski definition) is 7. The number of methoxy groups -OCH3 is 2. The first-order chi connectivity index (χ1) is 17.8. The Balaban J connectivity index is 1.63. The number of anilines is 1. The van der Waals surface area contributed by atoms with E-state index < -0.39 is 5.91 Å². The average Bonchev–Trinajstić information content (AvgIpc) is 2.89. The van der Waals surface area contributed by atoms with Crippen LogP contribution in [0.15, 0.2) is 64.2 Å². The third kappa shape index (κ3) is 7.86. The number of halogens is 2. The third-order valence-corrected chi connectivity index (χ3v) is 5.67. The van der Waals surface area contributed by atoms with Crippen LogP contribution < -0.4 is 29.7 Å². The van der Waals surface area contributed by atoms with Gasteiger partial charge in [-0.1, -0.05) is 11.6 Å². The minimum Gasteiger partial charge on any atom is -0.493 e. The summed E-state index contributed by atoms with van der Waals surface area (Å²) in [6.07, 6.45) is 1.45. The van der Waals surface area contributed by atoms with E-state index in [-0.39, 0.29) is 12.5 Å². The van der Waals surface area contributed by atoms with Crippen molar-refractivity contribution in [2.45, 2.75) is 6.92 Å². The van der Waals surface area contributed by atoms with Crippen LogP contribution in [0.5, 0.6) is 23.0 Å². The summed E-state index contributed by atoms with van der Waals surface area (Å²) in [6, 6.07) is 15.0. The first kappa shape index (κ1) is 27.8. The van der Waals surface area contributed by atoms with Gasteiger partial charge < -0.3 is 24.3 Å². The van der Waals surface area contributed by atoms with Crippen LogP contribution in [0.3, 0.4) is 0 Å². The van der Waals surface area contributed by atoms with Crippen LogP contribution in [0.4, 0.5) is 5.69 Å². The summed E-state index contributed by atoms with van der Waals surface area (Å²) >= 11 is 9.29. The van der Waals surface area contributed by atoms with Crippen LogP contribution >= 0.6 is 27.5 Å². The number of amides is 2. The zero-order chi connectivity index (χ0) is 26.8. The molecule has 37 heavy (non-hydrogen) atoms. The third-order valence-electron chi connectivity index (χ3n) is 4.83. The number of hydrogen-bond donors (Lipinski definition) is 2. The van der Waals surface area contributed by atoms with Crippen LogP contribution in [-0.2, 0) is 4.79 Å². The monoisotopic (exact) mass is 589 g/mol. The lowest BCUT2D eigenvalue weighted by Crippen LogP contribution is -2.20. The lowest BCUT2D eigenvalue weighted by atomic mass is 10.2. The Hall–Kier alpha value is -3.76. The van der Waals surface area contributed by atoms with Crippen LogP contribution in [0.25, 0.3) is 0 Å². The minimum atomic E-state index is -0.419. The van der Waals surface area contributed by atoms with Gasteiger partial charge in [0.25, 0.3) is 11.8 Å². The standard InChI is InChI=1S/C26H25BrClN3O6/c1-4-36-22-13-17(5-10-21(22)34-2)26(33)31-29-14-16-11-20(27)25(23(12-16)35-3)37-15-24(32)30-19-8-6-18(28)7-9-19/h5-14H,4,15H2,1-3H3,(H,30,32)(H,31,33)/b29-14+. The summed E-state index contributed by atoms with van der Waals surface area (Å²) in [5, 5.41) is 7.32. The van der Waals surface area contributed by atoms with E-state index in [0.717, 1.165) is 0 Å². The highest BCUT2D eigenvalue weighted by atomic mass is 79.9. The summed E-state index contributed by atoms with van der Waals surface area (Å²) in [5.74, 6) is 0.944. The Morgan fingerprint density at radius 3 is 2.38 bits per heavy atom. The molecule has 0 unspecified atom stereocenters. The van der Waals surface area contributed by atoms with E-state index >= 15 is 0 Å². The van der Waals surface area contributed by atoms with E-state index in [0.29, 0.717) is 55.9 Å². The van der Waals surface area contributed by atoms with Gasteiger partial charge in [-0.2, -0.15) is 5.10 Å². The molecule has 0 atom stereocenters. The summed E-state index contributed by atoms with van der Waals surface area (Å²) in [4.78, 5) is 24.8. The highest BCUT2D eigenvalue weighted by Gasteiger charge is 2.14. The predicted octanol–water partition coefficient (Wildman–Crippen LogP) is 5.30. The number of nitrogens with one attached hydrogen (secondary N) is 2. The molecule has 2 N–H and O–H groups in total. The van der Waals surface area contributed by atoms with Crippen LogP contribution in [0.1, 0.15) is 22.8 Å². The number of rotatable bonds is 11. The van der Waals surface area contributed by atoms with E-state index in [1.165, 1.54) is 20.4 Å². The second kappa shape index (κ2) is 13.5. The summed E-state index contributed by atoms with van der Waals surface area (Å²) in [7, 11) is 3.01. The molecule has 194 valence electrons. The fourth-order valence-corrected chi connectivity index (χ4v) is 3.84. The Labute approximate surface area is 227 Å². The Morgan fingerprint density at radius 1 is 0.973 bits per heavy atom. The molecule has 0 aliphatic rings. The molecule has 0 radical (unpaired) electrons. The predicted molar refractivity (Wildman–Crippen MR) is 145 cm³/mol.